The zero-order valence-corrected chi connectivity index (χ0v) is 9.38. The van der Waals surface area contributed by atoms with Gasteiger partial charge in [-0.15, -0.1) is 0 Å². The molecule has 0 amide bonds. The molecule has 1 saturated carbocycles. The van der Waals surface area contributed by atoms with Crippen molar-refractivity contribution in [2.24, 2.45) is 0 Å². The van der Waals surface area contributed by atoms with Gasteiger partial charge in [0.05, 0.1) is 12.4 Å². The average Bonchev–Trinajstić information content (AvgIpc) is 3.13. The number of anilines is 2. The highest BCUT2D eigenvalue weighted by Gasteiger charge is 2.38. The van der Waals surface area contributed by atoms with Crippen molar-refractivity contribution >= 4 is 11.6 Å². The molecule has 1 aromatic carbocycles. The monoisotopic (exact) mass is 226 g/mol. The van der Waals surface area contributed by atoms with Crippen LogP contribution in [-0.4, -0.2) is 16.0 Å². The maximum atomic E-state index is 5.49. The summed E-state index contributed by atoms with van der Waals surface area (Å²) in [6, 6.07) is 11.0. The lowest BCUT2D eigenvalue weighted by molar-refractivity contribution is 1.02. The lowest BCUT2D eigenvalue weighted by Crippen LogP contribution is -2.06. The Bertz CT molecular complexity index is 495. The molecule has 2 unspecified atom stereocenters. The van der Waals surface area contributed by atoms with Crippen LogP contribution < -0.4 is 11.1 Å². The maximum absolute atomic E-state index is 5.49. The molecule has 2 atom stereocenters. The molecule has 0 spiro atoms. The lowest BCUT2D eigenvalue weighted by atomic mass is 10.1. The summed E-state index contributed by atoms with van der Waals surface area (Å²) in [5.41, 5.74) is 6.87. The van der Waals surface area contributed by atoms with Crippen molar-refractivity contribution in [1.82, 2.24) is 9.97 Å². The van der Waals surface area contributed by atoms with Gasteiger partial charge in [0.15, 0.2) is 0 Å². The van der Waals surface area contributed by atoms with Gasteiger partial charge in [0.1, 0.15) is 11.6 Å². The number of nitrogens with zero attached hydrogens (tertiary/aromatic N) is 2. The Kier molecular flexibility index (Phi) is 2.40. The van der Waals surface area contributed by atoms with Crippen LogP contribution in [0.2, 0.25) is 0 Å². The van der Waals surface area contributed by atoms with Gasteiger partial charge < -0.3 is 11.1 Å². The van der Waals surface area contributed by atoms with E-state index < -0.39 is 0 Å². The van der Waals surface area contributed by atoms with E-state index in [1.807, 2.05) is 6.07 Å². The molecule has 3 rings (SSSR count). The van der Waals surface area contributed by atoms with Crippen LogP contribution in [0, 0.1) is 0 Å². The molecule has 17 heavy (non-hydrogen) atoms. The Hall–Kier alpha value is -2.10. The first-order valence-electron chi connectivity index (χ1n) is 5.72. The maximum Gasteiger partial charge on any atom is 0.144 e. The molecule has 1 fully saturated rings. The number of nitrogen functional groups attached to an aromatic ring is 1. The molecule has 0 radical (unpaired) electrons. The largest absolute Gasteiger partial charge is 0.382 e. The molecule has 1 aliphatic carbocycles. The summed E-state index contributed by atoms with van der Waals surface area (Å²) in [6.45, 7) is 0. The third-order valence-electron chi connectivity index (χ3n) is 3.02. The van der Waals surface area contributed by atoms with E-state index in [2.05, 4.69) is 39.6 Å². The van der Waals surface area contributed by atoms with Crippen LogP contribution in [0.4, 0.5) is 11.6 Å². The van der Waals surface area contributed by atoms with Crippen molar-refractivity contribution in [2.45, 2.75) is 18.4 Å². The Labute approximate surface area is 99.9 Å². The van der Waals surface area contributed by atoms with Crippen molar-refractivity contribution in [3.63, 3.8) is 0 Å². The smallest absolute Gasteiger partial charge is 0.144 e. The molecule has 0 bridgehead atoms. The molecular weight excluding hydrogens is 212 g/mol. The second kappa shape index (κ2) is 4.05. The molecule has 86 valence electrons. The highest BCUT2D eigenvalue weighted by Crippen LogP contribution is 2.42. The molecule has 1 aliphatic rings. The van der Waals surface area contributed by atoms with E-state index in [1.54, 1.807) is 12.4 Å². The first-order chi connectivity index (χ1) is 8.33. The van der Waals surface area contributed by atoms with E-state index in [0.29, 0.717) is 17.8 Å². The molecule has 4 heteroatoms. The quantitative estimate of drug-likeness (QED) is 0.840. The number of benzene rings is 1. The third-order valence-corrected chi connectivity index (χ3v) is 3.02. The zero-order chi connectivity index (χ0) is 11.7. The Balaban J connectivity index is 1.64. The first kappa shape index (κ1) is 10.1. The highest BCUT2D eigenvalue weighted by atomic mass is 15.1. The summed E-state index contributed by atoms with van der Waals surface area (Å²) in [4.78, 5) is 8.20. The van der Waals surface area contributed by atoms with E-state index in [4.69, 9.17) is 5.73 Å². The van der Waals surface area contributed by atoms with Crippen molar-refractivity contribution < 1.29 is 0 Å². The molecule has 1 aromatic heterocycles. The van der Waals surface area contributed by atoms with Gasteiger partial charge >= 0.3 is 0 Å². The number of hydrogen-bond donors (Lipinski definition) is 2. The van der Waals surface area contributed by atoms with Gasteiger partial charge in [-0.25, -0.2) is 9.97 Å². The predicted octanol–water partition coefficient (Wildman–Crippen LogP) is 2.03. The molecule has 0 aliphatic heterocycles. The first-order valence-corrected chi connectivity index (χ1v) is 5.72. The molecule has 0 saturated heterocycles. The summed E-state index contributed by atoms with van der Waals surface area (Å²) in [6.07, 6.45) is 4.40. The van der Waals surface area contributed by atoms with Crippen LogP contribution >= 0.6 is 0 Å². The minimum Gasteiger partial charge on any atom is -0.382 e. The highest BCUT2D eigenvalue weighted by molar-refractivity contribution is 5.42. The third kappa shape index (κ3) is 2.20. The minimum absolute atomic E-state index is 0.450. The second-order valence-corrected chi connectivity index (χ2v) is 4.33. The standard InChI is InChI=1S/C13H14N4/c14-12-7-16-13(8-15-12)17-11-6-10(11)9-4-2-1-3-5-9/h1-5,7-8,10-11H,6H2,(H2,14,15)(H,16,17). The summed E-state index contributed by atoms with van der Waals surface area (Å²) in [5, 5.41) is 3.36. The van der Waals surface area contributed by atoms with Crippen LogP contribution in [0.3, 0.4) is 0 Å². The van der Waals surface area contributed by atoms with Gasteiger partial charge in [0.25, 0.3) is 0 Å². The normalized spacial score (nSPS) is 22.1. The summed E-state index contributed by atoms with van der Waals surface area (Å²) in [5.74, 6) is 1.84. The van der Waals surface area contributed by atoms with Gasteiger partial charge in [-0.1, -0.05) is 30.3 Å². The van der Waals surface area contributed by atoms with Gasteiger partial charge in [-0.2, -0.15) is 0 Å². The Morgan fingerprint density at radius 1 is 1.12 bits per heavy atom. The molecule has 3 N–H and O–H groups in total. The topological polar surface area (TPSA) is 63.8 Å². The Morgan fingerprint density at radius 2 is 1.94 bits per heavy atom. The van der Waals surface area contributed by atoms with Gasteiger partial charge in [-0.3, -0.25) is 0 Å². The average molecular weight is 226 g/mol. The van der Waals surface area contributed by atoms with Crippen molar-refractivity contribution in [1.29, 1.82) is 0 Å². The lowest BCUT2D eigenvalue weighted by Gasteiger charge is -2.04. The number of rotatable bonds is 3. The van der Waals surface area contributed by atoms with Gasteiger partial charge in [0, 0.05) is 12.0 Å². The SMILES string of the molecule is Nc1cnc(NC2CC2c2ccccc2)cn1. The van der Waals surface area contributed by atoms with E-state index >= 15 is 0 Å². The van der Waals surface area contributed by atoms with Crippen molar-refractivity contribution in [3.8, 4) is 0 Å². The predicted molar refractivity (Wildman–Crippen MR) is 67.7 cm³/mol. The van der Waals surface area contributed by atoms with Crippen LogP contribution in [-0.2, 0) is 0 Å². The van der Waals surface area contributed by atoms with Crippen molar-refractivity contribution in [2.75, 3.05) is 11.1 Å². The van der Waals surface area contributed by atoms with E-state index in [0.717, 1.165) is 12.2 Å². The fourth-order valence-electron chi connectivity index (χ4n) is 2.03. The van der Waals surface area contributed by atoms with E-state index in [-0.39, 0.29) is 0 Å². The van der Waals surface area contributed by atoms with Gasteiger partial charge in [-0.05, 0) is 12.0 Å². The van der Waals surface area contributed by atoms with Crippen LogP contribution in [0.15, 0.2) is 42.7 Å². The fraction of sp³-hybridized carbons (Fsp3) is 0.231. The van der Waals surface area contributed by atoms with Crippen molar-refractivity contribution in [3.05, 3.63) is 48.3 Å². The molecular formula is C13H14N4. The van der Waals surface area contributed by atoms with Crippen LogP contribution in [0.25, 0.3) is 0 Å². The van der Waals surface area contributed by atoms with E-state index in [9.17, 15) is 0 Å². The fourth-order valence-corrected chi connectivity index (χ4v) is 2.03. The Morgan fingerprint density at radius 3 is 2.65 bits per heavy atom. The number of nitrogens with one attached hydrogen (secondary N) is 1. The number of hydrogen-bond acceptors (Lipinski definition) is 4. The van der Waals surface area contributed by atoms with Crippen LogP contribution in [0.5, 0.6) is 0 Å². The molecule has 4 nitrogen and oxygen atoms in total. The van der Waals surface area contributed by atoms with E-state index in [1.165, 1.54) is 5.56 Å². The summed E-state index contributed by atoms with van der Waals surface area (Å²) >= 11 is 0. The number of aromatic nitrogens is 2. The van der Waals surface area contributed by atoms with Crippen LogP contribution in [0.1, 0.15) is 17.9 Å². The molecule has 1 heterocycles. The second-order valence-electron chi connectivity index (χ2n) is 4.33. The molecule has 2 aromatic rings. The summed E-state index contributed by atoms with van der Waals surface area (Å²) < 4.78 is 0. The summed E-state index contributed by atoms with van der Waals surface area (Å²) in [7, 11) is 0. The zero-order valence-electron chi connectivity index (χ0n) is 9.38. The number of nitrogens with two attached hydrogens (primary N) is 1. The van der Waals surface area contributed by atoms with Gasteiger partial charge in [0.2, 0.25) is 0 Å². The minimum atomic E-state index is 0.450.